The van der Waals surface area contributed by atoms with Crippen LogP contribution in [0.5, 0.6) is 0 Å². The van der Waals surface area contributed by atoms with E-state index in [0.29, 0.717) is 0 Å². The second kappa shape index (κ2) is 8.52. The van der Waals surface area contributed by atoms with Crippen LogP contribution in [0.1, 0.15) is 23.6 Å². The number of hydrogen-bond acceptors (Lipinski definition) is 3. The van der Waals surface area contributed by atoms with Gasteiger partial charge < -0.3 is 15.2 Å². The summed E-state index contributed by atoms with van der Waals surface area (Å²) in [6.07, 6.45) is -0.847. The van der Waals surface area contributed by atoms with Gasteiger partial charge >= 0.3 is 12.1 Å². The Morgan fingerprint density at radius 3 is 2.35 bits per heavy atom. The maximum Gasteiger partial charge on any atom is 0.407 e. The molecule has 0 unspecified atom stereocenters. The highest BCUT2D eigenvalue weighted by molar-refractivity contribution is 14.1. The van der Waals surface area contributed by atoms with Gasteiger partial charge in [0.1, 0.15) is 6.61 Å². The molecule has 0 spiro atoms. The fraction of sp³-hybridized carbons (Fsp3) is 0.176. The molecule has 0 heterocycles. The van der Waals surface area contributed by atoms with Crippen molar-refractivity contribution < 1.29 is 19.4 Å². The first-order valence-electron chi connectivity index (χ1n) is 6.99. The summed E-state index contributed by atoms with van der Waals surface area (Å²) in [6, 6.07) is 16.0. The number of carbonyl (C=O) groups excluding carboxylic acids is 1. The number of carboxylic acids is 1. The van der Waals surface area contributed by atoms with Crippen LogP contribution in [0.4, 0.5) is 4.79 Å². The van der Waals surface area contributed by atoms with Gasteiger partial charge in [0.05, 0.1) is 12.5 Å². The number of carboxylic acid groups (broad SMARTS) is 1. The quantitative estimate of drug-likeness (QED) is 0.692. The summed E-state index contributed by atoms with van der Waals surface area (Å²) in [7, 11) is 0. The van der Waals surface area contributed by atoms with Crippen LogP contribution in [0, 0.1) is 3.57 Å². The molecule has 0 aliphatic heterocycles. The Balaban J connectivity index is 1.98. The maximum absolute atomic E-state index is 11.9. The SMILES string of the molecule is O=C(O)C[C@@H](NC(=O)OCc1ccccc1)c1ccc(I)cc1. The topological polar surface area (TPSA) is 75.6 Å². The van der Waals surface area contributed by atoms with Crippen molar-refractivity contribution in [1.29, 1.82) is 0 Å². The number of rotatable bonds is 6. The van der Waals surface area contributed by atoms with Crippen LogP contribution in [0.3, 0.4) is 0 Å². The van der Waals surface area contributed by atoms with Gasteiger partial charge in [-0.25, -0.2) is 4.79 Å². The van der Waals surface area contributed by atoms with Crippen molar-refractivity contribution >= 4 is 34.7 Å². The summed E-state index contributed by atoms with van der Waals surface area (Å²) < 4.78 is 6.18. The Kier molecular flexibility index (Phi) is 6.40. The van der Waals surface area contributed by atoms with Gasteiger partial charge in [-0.05, 0) is 45.9 Å². The molecular weight excluding hydrogens is 409 g/mol. The second-order valence-electron chi connectivity index (χ2n) is 4.91. The third-order valence-corrected chi connectivity index (χ3v) is 3.88. The van der Waals surface area contributed by atoms with Crippen LogP contribution in [0.25, 0.3) is 0 Å². The number of benzene rings is 2. The van der Waals surface area contributed by atoms with E-state index in [1.807, 2.05) is 42.5 Å². The van der Waals surface area contributed by atoms with E-state index in [2.05, 4.69) is 27.9 Å². The van der Waals surface area contributed by atoms with Crippen molar-refractivity contribution in [3.05, 3.63) is 69.3 Å². The fourth-order valence-electron chi connectivity index (χ4n) is 2.03. The smallest absolute Gasteiger partial charge is 0.407 e. The first-order valence-corrected chi connectivity index (χ1v) is 8.07. The minimum absolute atomic E-state index is 0.138. The Morgan fingerprint density at radius 2 is 1.74 bits per heavy atom. The zero-order chi connectivity index (χ0) is 16.7. The average Bonchev–Trinajstić information content (AvgIpc) is 2.53. The van der Waals surface area contributed by atoms with Gasteiger partial charge in [0.25, 0.3) is 0 Å². The highest BCUT2D eigenvalue weighted by atomic mass is 127. The van der Waals surface area contributed by atoms with Crippen LogP contribution in [0.2, 0.25) is 0 Å². The number of aliphatic carboxylic acids is 1. The highest BCUT2D eigenvalue weighted by Gasteiger charge is 2.18. The number of amides is 1. The third kappa shape index (κ3) is 5.90. The Hall–Kier alpha value is -2.09. The predicted octanol–water partition coefficient (Wildman–Crippen LogP) is 3.73. The van der Waals surface area contributed by atoms with E-state index in [1.165, 1.54) is 0 Å². The summed E-state index contributed by atoms with van der Waals surface area (Å²) in [5.41, 5.74) is 1.59. The van der Waals surface area contributed by atoms with Gasteiger partial charge in [-0.3, -0.25) is 4.79 Å². The van der Waals surface area contributed by atoms with Gasteiger partial charge in [-0.2, -0.15) is 0 Å². The molecule has 0 saturated carbocycles. The summed E-state index contributed by atoms with van der Waals surface area (Å²) in [6.45, 7) is 0.138. The average molecular weight is 425 g/mol. The van der Waals surface area contributed by atoms with E-state index >= 15 is 0 Å². The van der Waals surface area contributed by atoms with Crippen molar-refractivity contribution in [2.45, 2.75) is 19.1 Å². The standard InChI is InChI=1S/C17H16INO4/c18-14-8-6-13(7-9-14)15(10-16(20)21)19-17(22)23-11-12-4-2-1-3-5-12/h1-9,15H,10-11H2,(H,19,22)(H,20,21)/t15-/m1/s1. The molecule has 1 amide bonds. The summed E-state index contributed by atoms with van der Waals surface area (Å²) in [4.78, 5) is 22.9. The molecule has 0 saturated heterocycles. The van der Waals surface area contributed by atoms with Crippen molar-refractivity contribution in [3.8, 4) is 0 Å². The zero-order valence-electron chi connectivity index (χ0n) is 12.2. The largest absolute Gasteiger partial charge is 0.481 e. The summed E-state index contributed by atoms with van der Waals surface area (Å²) in [5, 5.41) is 11.6. The van der Waals surface area contributed by atoms with Crippen LogP contribution in [-0.2, 0) is 16.1 Å². The molecule has 0 fully saturated rings. The Morgan fingerprint density at radius 1 is 1.09 bits per heavy atom. The highest BCUT2D eigenvalue weighted by Crippen LogP contribution is 2.18. The van der Waals surface area contributed by atoms with E-state index < -0.39 is 18.1 Å². The zero-order valence-corrected chi connectivity index (χ0v) is 14.4. The summed E-state index contributed by atoms with van der Waals surface area (Å²) >= 11 is 2.16. The van der Waals surface area contributed by atoms with Crippen LogP contribution in [0.15, 0.2) is 54.6 Å². The lowest BCUT2D eigenvalue weighted by Gasteiger charge is -2.17. The lowest BCUT2D eigenvalue weighted by atomic mass is 10.0. The van der Waals surface area contributed by atoms with Gasteiger partial charge in [-0.1, -0.05) is 42.5 Å². The Bertz CT molecular complexity index is 658. The molecule has 2 aromatic rings. The van der Waals surface area contributed by atoms with Gasteiger partial charge in [0.2, 0.25) is 0 Å². The summed E-state index contributed by atoms with van der Waals surface area (Å²) in [5.74, 6) is -0.989. The van der Waals surface area contributed by atoms with E-state index in [4.69, 9.17) is 9.84 Å². The van der Waals surface area contributed by atoms with Crippen molar-refractivity contribution in [1.82, 2.24) is 5.32 Å². The first kappa shape index (κ1) is 17.3. The number of halogens is 1. The lowest BCUT2D eigenvalue weighted by Crippen LogP contribution is -2.30. The maximum atomic E-state index is 11.9. The monoisotopic (exact) mass is 425 g/mol. The lowest BCUT2D eigenvalue weighted by molar-refractivity contribution is -0.137. The minimum atomic E-state index is -0.989. The minimum Gasteiger partial charge on any atom is -0.481 e. The van der Waals surface area contributed by atoms with Crippen LogP contribution in [-0.4, -0.2) is 17.2 Å². The molecule has 0 aliphatic carbocycles. The molecule has 2 aromatic carbocycles. The van der Waals surface area contributed by atoms with Gasteiger partial charge in [0.15, 0.2) is 0 Å². The molecule has 0 aliphatic rings. The first-order chi connectivity index (χ1) is 11.0. The molecule has 120 valence electrons. The number of nitrogens with one attached hydrogen (secondary N) is 1. The number of hydrogen-bond donors (Lipinski definition) is 2. The number of carbonyl (C=O) groups is 2. The predicted molar refractivity (Wildman–Crippen MR) is 93.9 cm³/mol. The molecule has 0 radical (unpaired) electrons. The molecule has 23 heavy (non-hydrogen) atoms. The molecule has 0 aromatic heterocycles. The molecular formula is C17H16INO4. The van der Waals surface area contributed by atoms with Crippen molar-refractivity contribution in [3.63, 3.8) is 0 Å². The number of alkyl carbamates (subject to hydrolysis) is 1. The third-order valence-electron chi connectivity index (χ3n) is 3.16. The van der Waals surface area contributed by atoms with Gasteiger partial charge in [-0.15, -0.1) is 0 Å². The molecule has 5 nitrogen and oxygen atoms in total. The molecule has 6 heteroatoms. The molecule has 2 rings (SSSR count). The van der Waals surface area contributed by atoms with E-state index in [9.17, 15) is 9.59 Å². The van der Waals surface area contributed by atoms with E-state index in [0.717, 1.165) is 14.7 Å². The van der Waals surface area contributed by atoms with E-state index in [1.54, 1.807) is 12.1 Å². The van der Waals surface area contributed by atoms with Crippen LogP contribution >= 0.6 is 22.6 Å². The molecule has 0 bridgehead atoms. The Labute approximate surface area is 147 Å². The van der Waals surface area contributed by atoms with Crippen LogP contribution < -0.4 is 5.32 Å². The molecule has 1 atom stereocenters. The van der Waals surface area contributed by atoms with Crippen molar-refractivity contribution in [2.24, 2.45) is 0 Å². The number of ether oxygens (including phenoxy) is 1. The van der Waals surface area contributed by atoms with E-state index in [-0.39, 0.29) is 13.0 Å². The van der Waals surface area contributed by atoms with Gasteiger partial charge in [0, 0.05) is 3.57 Å². The fourth-order valence-corrected chi connectivity index (χ4v) is 2.39. The normalized spacial score (nSPS) is 11.5. The second-order valence-corrected chi connectivity index (χ2v) is 6.15. The van der Waals surface area contributed by atoms with Crippen molar-refractivity contribution in [2.75, 3.05) is 0 Å². The molecule has 2 N–H and O–H groups in total.